The van der Waals surface area contributed by atoms with Crippen molar-refractivity contribution >= 4 is 33.2 Å². The molecule has 0 aliphatic heterocycles. The third-order valence-electron chi connectivity index (χ3n) is 2.66. The minimum atomic E-state index is -0.150. The van der Waals surface area contributed by atoms with Crippen molar-refractivity contribution in [2.75, 3.05) is 6.61 Å². The van der Waals surface area contributed by atoms with E-state index in [1.54, 1.807) is 11.3 Å². The van der Waals surface area contributed by atoms with Gasteiger partial charge in [-0.3, -0.25) is 4.79 Å². The standard InChI is InChI=1S/C14H22BrNO2S/c1-14(2,3)7-11(8-17)16-13(18)5-4-12-6-10(15)9-19-12/h6,9,11,17H,4-5,7-8H2,1-3H3,(H,16,18). The second kappa shape index (κ2) is 7.41. The van der Waals surface area contributed by atoms with Crippen LogP contribution in [0.4, 0.5) is 0 Å². The Kier molecular flexibility index (Phi) is 6.50. The summed E-state index contributed by atoms with van der Waals surface area (Å²) in [5, 5.41) is 14.2. The van der Waals surface area contributed by atoms with Crippen LogP contribution in [-0.4, -0.2) is 23.7 Å². The number of carbonyl (C=O) groups is 1. The first-order chi connectivity index (χ1) is 8.80. The van der Waals surface area contributed by atoms with Gasteiger partial charge in [0.2, 0.25) is 5.91 Å². The zero-order chi connectivity index (χ0) is 14.5. The Hall–Kier alpha value is -0.390. The lowest BCUT2D eigenvalue weighted by Crippen LogP contribution is -2.40. The van der Waals surface area contributed by atoms with E-state index in [1.807, 2.05) is 11.4 Å². The summed E-state index contributed by atoms with van der Waals surface area (Å²) in [5.41, 5.74) is 0.0965. The van der Waals surface area contributed by atoms with Crippen molar-refractivity contribution in [1.29, 1.82) is 0 Å². The van der Waals surface area contributed by atoms with Crippen LogP contribution >= 0.6 is 27.3 Å². The number of rotatable bonds is 6. The number of thiophene rings is 1. The number of amides is 1. The summed E-state index contributed by atoms with van der Waals surface area (Å²) < 4.78 is 1.06. The predicted octanol–water partition coefficient (Wildman–Crippen LogP) is 3.36. The third-order valence-corrected chi connectivity index (χ3v) is 4.42. The highest BCUT2D eigenvalue weighted by atomic mass is 79.9. The number of hydrogen-bond donors (Lipinski definition) is 2. The van der Waals surface area contributed by atoms with Gasteiger partial charge in [0.05, 0.1) is 12.6 Å². The van der Waals surface area contributed by atoms with Gasteiger partial charge in [0.1, 0.15) is 0 Å². The summed E-state index contributed by atoms with van der Waals surface area (Å²) in [6.07, 6.45) is 1.99. The Morgan fingerprint density at radius 1 is 1.53 bits per heavy atom. The van der Waals surface area contributed by atoms with Crippen molar-refractivity contribution in [1.82, 2.24) is 5.32 Å². The smallest absolute Gasteiger partial charge is 0.220 e. The molecule has 0 saturated carbocycles. The molecule has 0 fully saturated rings. The molecule has 0 saturated heterocycles. The minimum absolute atomic E-state index is 0.00639. The van der Waals surface area contributed by atoms with Crippen molar-refractivity contribution in [3.05, 3.63) is 20.8 Å². The lowest BCUT2D eigenvalue weighted by Gasteiger charge is -2.25. The van der Waals surface area contributed by atoms with Crippen molar-refractivity contribution in [2.45, 2.75) is 46.1 Å². The molecule has 1 amide bonds. The zero-order valence-corrected chi connectivity index (χ0v) is 14.1. The van der Waals surface area contributed by atoms with Gasteiger partial charge in [-0.05, 0) is 40.3 Å². The number of aliphatic hydroxyl groups is 1. The van der Waals surface area contributed by atoms with Crippen LogP contribution in [-0.2, 0) is 11.2 Å². The van der Waals surface area contributed by atoms with Gasteiger partial charge in [0, 0.05) is 21.2 Å². The van der Waals surface area contributed by atoms with Crippen LogP contribution in [0.5, 0.6) is 0 Å². The molecule has 5 heteroatoms. The molecule has 1 aromatic rings. The number of aryl methyl sites for hydroxylation is 1. The summed E-state index contributed by atoms with van der Waals surface area (Å²) in [4.78, 5) is 13.0. The first-order valence-corrected chi connectivity index (χ1v) is 8.10. The van der Waals surface area contributed by atoms with Crippen molar-refractivity contribution in [3.63, 3.8) is 0 Å². The van der Waals surface area contributed by atoms with E-state index < -0.39 is 0 Å². The number of halogens is 1. The first-order valence-electron chi connectivity index (χ1n) is 6.43. The van der Waals surface area contributed by atoms with Gasteiger partial charge < -0.3 is 10.4 Å². The molecule has 0 aliphatic carbocycles. The Morgan fingerprint density at radius 3 is 2.68 bits per heavy atom. The summed E-state index contributed by atoms with van der Waals surface area (Å²) >= 11 is 5.05. The van der Waals surface area contributed by atoms with Crippen LogP contribution in [0.2, 0.25) is 0 Å². The number of hydrogen-bond acceptors (Lipinski definition) is 3. The van der Waals surface area contributed by atoms with E-state index in [0.29, 0.717) is 6.42 Å². The minimum Gasteiger partial charge on any atom is -0.394 e. The van der Waals surface area contributed by atoms with Gasteiger partial charge >= 0.3 is 0 Å². The summed E-state index contributed by atoms with van der Waals surface area (Å²) in [7, 11) is 0. The zero-order valence-electron chi connectivity index (χ0n) is 11.7. The number of nitrogens with one attached hydrogen (secondary N) is 1. The molecule has 1 heterocycles. The number of carbonyl (C=O) groups excluding carboxylic acids is 1. The Labute approximate surface area is 127 Å². The Bertz CT molecular complexity index is 412. The molecule has 108 valence electrons. The molecular formula is C14H22BrNO2S. The summed E-state index contributed by atoms with van der Waals surface area (Å²) in [6.45, 7) is 6.30. The maximum atomic E-state index is 11.8. The largest absolute Gasteiger partial charge is 0.394 e. The average Bonchev–Trinajstić information content (AvgIpc) is 2.70. The second-order valence-electron chi connectivity index (χ2n) is 5.94. The van der Waals surface area contributed by atoms with Crippen LogP contribution in [0.3, 0.4) is 0 Å². The second-order valence-corrected chi connectivity index (χ2v) is 7.85. The lowest BCUT2D eigenvalue weighted by molar-refractivity contribution is -0.122. The van der Waals surface area contributed by atoms with Gasteiger partial charge in [-0.1, -0.05) is 20.8 Å². The molecule has 0 spiro atoms. The van der Waals surface area contributed by atoms with Gasteiger partial charge in [-0.15, -0.1) is 11.3 Å². The van der Waals surface area contributed by atoms with E-state index in [9.17, 15) is 9.90 Å². The van der Waals surface area contributed by atoms with Gasteiger partial charge in [0.25, 0.3) is 0 Å². The molecular weight excluding hydrogens is 326 g/mol. The topological polar surface area (TPSA) is 49.3 Å². The maximum Gasteiger partial charge on any atom is 0.220 e. The average molecular weight is 348 g/mol. The summed E-state index contributed by atoms with van der Waals surface area (Å²) in [5.74, 6) is 0.00724. The predicted molar refractivity (Wildman–Crippen MR) is 83.4 cm³/mol. The highest BCUT2D eigenvalue weighted by Gasteiger charge is 2.19. The molecule has 0 aromatic carbocycles. The fraction of sp³-hybridized carbons (Fsp3) is 0.643. The molecule has 1 aromatic heterocycles. The maximum absolute atomic E-state index is 11.8. The van der Waals surface area contributed by atoms with Crippen LogP contribution in [0, 0.1) is 5.41 Å². The molecule has 1 atom stereocenters. The van der Waals surface area contributed by atoms with E-state index in [-0.39, 0.29) is 24.0 Å². The monoisotopic (exact) mass is 347 g/mol. The number of aliphatic hydroxyl groups excluding tert-OH is 1. The normalized spacial score (nSPS) is 13.3. The van der Waals surface area contributed by atoms with Crippen LogP contribution < -0.4 is 5.32 Å². The molecule has 19 heavy (non-hydrogen) atoms. The van der Waals surface area contributed by atoms with Crippen molar-refractivity contribution in [2.24, 2.45) is 5.41 Å². The van der Waals surface area contributed by atoms with Gasteiger partial charge in [0.15, 0.2) is 0 Å². The van der Waals surface area contributed by atoms with E-state index in [4.69, 9.17) is 0 Å². The molecule has 1 rings (SSSR count). The van der Waals surface area contributed by atoms with E-state index in [0.717, 1.165) is 17.3 Å². The van der Waals surface area contributed by atoms with E-state index in [2.05, 4.69) is 42.0 Å². The SMILES string of the molecule is CC(C)(C)CC(CO)NC(=O)CCc1cc(Br)cs1. The lowest BCUT2D eigenvalue weighted by atomic mass is 9.88. The van der Waals surface area contributed by atoms with Crippen LogP contribution in [0.1, 0.15) is 38.5 Å². The van der Waals surface area contributed by atoms with E-state index >= 15 is 0 Å². The Balaban J connectivity index is 2.37. The highest BCUT2D eigenvalue weighted by Crippen LogP contribution is 2.22. The van der Waals surface area contributed by atoms with Crippen molar-refractivity contribution in [3.8, 4) is 0 Å². The molecule has 0 radical (unpaired) electrons. The quantitative estimate of drug-likeness (QED) is 0.828. The van der Waals surface area contributed by atoms with Gasteiger partial charge in [-0.2, -0.15) is 0 Å². The molecule has 2 N–H and O–H groups in total. The highest BCUT2D eigenvalue weighted by molar-refractivity contribution is 9.10. The molecule has 1 unspecified atom stereocenters. The van der Waals surface area contributed by atoms with Crippen LogP contribution in [0.15, 0.2) is 15.9 Å². The van der Waals surface area contributed by atoms with Crippen molar-refractivity contribution < 1.29 is 9.90 Å². The third kappa shape index (κ3) is 7.09. The fourth-order valence-corrected chi connectivity index (χ4v) is 3.38. The summed E-state index contributed by atoms with van der Waals surface area (Å²) in [6, 6.07) is 1.89. The first kappa shape index (κ1) is 16.7. The van der Waals surface area contributed by atoms with Crippen LogP contribution in [0.25, 0.3) is 0 Å². The Morgan fingerprint density at radius 2 is 2.21 bits per heavy atom. The molecule has 0 aliphatic rings. The molecule has 0 bridgehead atoms. The molecule has 3 nitrogen and oxygen atoms in total. The van der Waals surface area contributed by atoms with Gasteiger partial charge in [-0.25, -0.2) is 0 Å². The van der Waals surface area contributed by atoms with E-state index in [1.165, 1.54) is 4.88 Å². The fourth-order valence-electron chi connectivity index (χ4n) is 1.92.